The van der Waals surface area contributed by atoms with Gasteiger partial charge in [0.2, 0.25) is 0 Å². The maximum atomic E-state index is 11.1. The first-order chi connectivity index (χ1) is 9.09. The van der Waals surface area contributed by atoms with E-state index >= 15 is 0 Å². The van der Waals surface area contributed by atoms with Gasteiger partial charge in [-0.15, -0.1) is 11.3 Å². The lowest BCUT2D eigenvalue weighted by atomic mass is 9.69. The molecule has 1 aliphatic carbocycles. The third-order valence-electron chi connectivity index (χ3n) is 4.60. The van der Waals surface area contributed by atoms with E-state index in [0.717, 1.165) is 17.7 Å². The van der Waals surface area contributed by atoms with Gasteiger partial charge < -0.3 is 10.8 Å². The molecule has 100 valence electrons. The molecular formula is C16H19NOS. The molecule has 1 atom stereocenters. The molecule has 2 nitrogen and oxygen atoms in total. The molecule has 0 radical (unpaired) electrons. The molecule has 3 heteroatoms. The van der Waals surface area contributed by atoms with Crippen LogP contribution in [0.15, 0.2) is 41.8 Å². The molecule has 0 amide bonds. The highest BCUT2D eigenvalue weighted by molar-refractivity contribution is 7.10. The molecule has 3 N–H and O–H groups in total. The zero-order valence-corrected chi connectivity index (χ0v) is 11.9. The van der Waals surface area contributed by atoms with Gasteiger partial charge in [0.1, 0.15) is 5.60 Å². The maximum Gasteiger partial charge on any atom is 0.103 e. The van der Waals surface area contributed by atoms with E-state index < -0.39 is 5.60 Å². The number of rotatable bonds is 3. The topological polar surface area (TPSA) is 46.2 Å². The van der Waals surface area contributed by atoms with Crippen LogP contribution in [-0.2, 0) is 18.4 Å². The van der Waals surface area contributed by atoms with Crippen molar-refractivity contribution in [1.29, 1.82) is 0 Å². The summed E-state index contributed by atoms with van der Waals surface area (Å²) in [6, 6.07) is 12.4. The second-order valence-electron chi connectivity index (χ2n) is 5.66. The van der Waals surface area contributed by atoms with E-state index in [0.29, 0.717) is 6.54 Å². The monoisotopic (exact) mass is 273 g/mol. The van der Waals surface area contributed by atoms with Gasteiger partial charge in [0.15, 0.2) is 0 Å². The summed E-state index contributed by atoms with van der Waals surface area (Å²) < 4.78 is 0. The lowest BCUT2D eigenvalue weighted by Crippen LogP contribution is -2.49. The Morgan fingerprint density at radius 2 is 1.84 bits per heavy atom. The molecule has 0 fully saturated rings. The second-order valence-corrected chi connectivity index (χ2v) is 6.60. The second kappa shape index (κ2) is 4.44. The molecule has 0 saturated heterocycles. The van der Waals surface area contributed by atoms with E-state index in [1.165, 1.54) is 11.1 Å². The summed E-state index contributed by atoms with van der Waals surface area (Å²) in [5.41, 5.74) is 7.56. The lowest BCUT2D eigenvalue weighted by Gasteiger charge is -2.41. The van der Waals surface area contributed by atoms with Gasteiger partial charge in [-0.1, -0.05) is 30.3 Å². The minimum atomic E-state index is -0.880. The molecule has 0 saturated carbocycles. The number of benzene rings is 1. The molecule has 1 aliphatic rings. The minimum absolute atomic E-state index is 0.290. The van der Waals surface area contributed by atoms with E-state index in [2.05, 4.69) is 24.3 Å². The summed E-state index contributed by atoms with van der Waals surface area (Å²) in [6.45, 7) is 2.41. The van der Waals surface area contributed by atoms with Crippen LogP contribution in [0.25, 0.3) is 0 Å². The predicted molar refractivity (Wildman–Crippen MR) is 79.2 cm³/mol. The van der Waals surface area contributed by atoms with Crippen LogP contribution in [0.1, 0.15) is 22.9 Å². The minimum Gasteiger partial charge on any atom is -0.384 e. The van der Waals surface area contributed by atoms with E-state index in [-0.39, 0.29) is 5.41 Å². The lowest BCUT2D eigenvalue weighted by molar-refractivity contribution is -0.0645. The van der Waals surface area contributed by atoms with E-state index in [1.807, 2.05) is 24.4 Å². The summed E-state index contributed by atoms with van der Waals surface area (Å²) >= 11 is 1.60. The molecule has 1 aromatic heterocycles. The highest BCUT2D eigenvalue weighted by atomic mass is 32.1. The van der Waals surface area contributed by atoms with E-state index in [9.17, 15) is 5.11 Å². The van der Waals surface area contributed by atoms with Gasteiger partial charge in [-0.2, -0.15) is 0 Å². The molecule has 1 heterocycles. The summed E-state index contributed by atoms with van der Waals surface area (Å²) in [4.78, 5) is 1.01. The van der Waals surface area contributed by atoms with E-state index in [4.69, 9.17) is 5.73 Å². The van der Waals surface area contributed by atoms with Crippen LogP contribution >= 0.6 is 11.3 Å². The van der Waals surface area contributed by atoms with Gasteiger partial charge in [0.05, 0.1) is 0 Å². The van der Waals surface area contributed by atoms with Crippen LogP contribution < -0.4 is 5.73 Å². The largest absolute Gasteiger partial charge is 0.384 e. The zero-order chi connectivity index (χ0) is 13.5. The molecular weight excluding hydrogens is 254 g/mol. The molecule has 3 rings (SSSR count). The van der Waals surface area contributed by atoms with Gasteiger partial charge in [0.25, 0.3) is 0 Å². The first-order valence-electron chi connectivity index (χ1n) is 6.62. The summed E-state index contributed by atoms with van der Waals surface area (Å²) in [7, 11) is 0. The van der Waals surface area contributed by atoms with Gasteiger partial charge >= 0.3 is 0 Å². The number of hydrogen-bond acceptors (Lipinski definition) is 3. The first-order valence-corrected chi connectivity index (χ1v) is 7.50. The van der Waals surface area contributed by atoms with Crippen LogP contribution in [0.3, 0.4) is 0 Å². The van der Waals surface area contributed by atoms with Crippen LogP contribution in [0.5, 0.6) is 0 Å². The van der Waals surface area contributed by atoms with Crippen molar-refractivity contribution < 1.29 is 5.11 Å². The van der Waals surface area contributed by atoms with Crippen LogP contribution in [0, 0.1) is 5.41 Å². The SMILES string of the molecule is CC(O)(c1cccs1)C1(CN)Cc2ccccc2C1. The normalized spacial score (nSPS) is 19.9. The van der Waals surface area contributed by atoms with Crippen molar-refractivity contribution in [2.75, 3.05) is 6.54 Å². The fourth-order valence-electron chi connectivity index (χ4n) is 3.20. The van der Waals surface area contributed by atoms with Crippen molar-refractivity contribution in [1.82, 2.24) is 0 Å². The standard InChI is InChI=1S/C16H19NOS/c1-15(18,14-7-4-8-19-14)16(11-17)9-12-5-2-3-6-13(12)10-16/h2-8,18H,9-11,17H2,1H3. The Morgan fingerprint density at radius 3 is 2.32 bits per heavy atom. The number of aliphatic hydroxyl groups is 1. The highest BCUT2D eigenvalue weighted by Crippen LogP contribution is 2.49. The Hall–Kier alpha value is -1.16. The van der Waals surface area contributed by atoms with Gasteiger partial charge in [-0.05, 0) is 42.3 Å². The summed E-state index contributed by atoms with van der Waals surface area (Å²) in [5.74, 6) is 0. The van der Waals surface area contributed by atoms with Crippen LogP contribution in [0.2, 0.25) is 0 Å². The molecule has 19 heavy (non-hydrogen) atoms. The third-order valence-corrected chi connectivity index (χ3v) is 5.68. The molecule has 1 unspecified atom stereocenters. The van der Waals surface area contributed by atoms with Crippen LogP contribution in [0.4, 0.5) is 0 Å². The predicted octanol–water partition coefficient (Wildman–Crippen LogP) is 2.70. The smallest absolute Gasteiger partial charge is 0.103 e. The quantitative estimate of drug-likeness (QED) is 0.903. The number of thiophene rings is 1. The van der Waals surface area contributed by atoms with Crippen molar-refractivity contribution in [3.63, 3.8) is 0 Å². The Bertz CT molecular complexity index is 549. The summed E-state index contributed by atoms with van der Waals surface area (Å²) in [6.07, 6.45) is 1.70. The van der Waals surface area contributed by atoms with Gasteiger partial charge in [0, 0.05) is 16.8 Å². The Labute approximate surface area is 117 Å². The van der Waals surface area contributed by atoms with Crippen molar-refractivity contribution in [2.24, 2.45) is 11.1 Å². The fourth-order valence-corrected chi connectivity index (χ4v) is 4.11. The van der Waals surface area contributed by atoms with Gasteiger partial charge in [-0.3, -0.25) is 0 Å². The Kier molecular flexibility index (Phi) is 3.01. The average Bonchev–Trinajstić information content (AvgIpc) is 3.06. The summed E-state index contributed by atoms with van der Waals surface area (Å²) in [5, 5.41) is 13.1. The highest BCUT2D eigenvalue weighted by Gasteiger charge is 2.51. The maximum absolute atomic E-state index is 11.1. The third kappa shape index (κ3) is 1.84. The van der Waals surface area contributed by atoms with Crippen LogP contribution in [-0.4, -0.2) is 11.7 Å². The zero-order valence-electron chi connectivity index (χ0n) is 11.1. The van der Waals surface area contributed by atoms with E-state index in [1.54, 1.807) is 11.3 Å². The number of hydrogen-bond donors (Lipinski definition) is 2. The molecule has 0 spiro atoms. The molecule has 2 aromatic rings. The van der Waals surface area contributed by atoms with Crippen molar-refractivity contribution >= 4 is 11.3 Å². The molecule has 1 aromatic carbocycles. The van der Waals surface area contributed by atoms with Crippen molar-refractivity contribution in [3.05, 3.63) is 57.8 Å². The number of fused-ring (bicyclic) bond motifs is 1. The Morgan fingerprint density at radius 1 is 1.21 bits per heavy atom. The van der Waals surface area contributed by atoms with Crippen molar-refractivity contribution in [2.45, 2.75) is 25.4 Å². The molecule has 0 bridgehead atoms. The average molecular weight is 273 g/mol. The Balaban J connectivity index is 2.03. The fraction of sp³-hybridized carbons (Fsp3) is 0.375. The number of nitrogens with two attached hydrogens (primary N) is 1. The van der Waals surface area contributed by atoms with Gasteiger partial charge in [-0.25, -0.2) is 0 Å². The van der Waals surface area contributed by atoms with Crippen molar-refractivity contribution in [3.8, 4) is 0 Å². The first kappa shape index (κ1) is 12.9. The molecule has 0 aliphatic heterocycles.